The number of benzene rings is 2. The Hall–Kier alpha value is -2.90. The number of carbonyl (C=O) groups is 2. The highest BCUT2D eigenvalue weighted by molar-refractivity contribution is 6.42. The van der Waals surface area contributed by atoms with Gasteiger partial charge in [0.05, 0.1) is 27.3 Å². The molecule has 1 aliphatic heterocycles. The first-order chi connectivity index (χ1) is 14.9. The molecule has 2 aromatic carbocycles. The standard InChI is InChI=1S/C22H20Cl2N4O3/c23-16-9-8-14(11-17(16)24)26-21(30)19-7-3-4-10-28(19)20(29)12-27-13-25-18-6-2-1-5-15(18)22(27)31/h1-2,5-6,8-9,11,13,19H,3-4,7,10,12H2,(H,26,30). The van der Waals surface area contributed by atoms with Crippen molar-refractivity contribution in [2.24, 2.45) is 0 Å². The molecule has 1 unspecified atom stereocenters. The van der Waals surface area contributed by atoms with Crippen molar-refractivity contribution >= 4 is 51.6 Å². The van der Waals surface area contributed by atoms with Crippen molar-refractivity contribution in [2.45, 2.75) is 31.8 Å². The summed E-state index contributed by atoms with van der Waals surface area (Å²) in [6.07, 6.45) is 3.55. The van der Waals surface area contributed by atoms with Crippen molar-refractivity contribution in [1.29, 1.82) is 0 Å². The number of fused-ring (bicyclic) bond motifs is 1. The van der Waals surface area contributed by atoms with Crippen LogP contribution in [-0.4, -0.2) is 38.9 Å². The normalized spacial score (nSPS) is 16.3. The number of likely N-dealkylation sites (tertiary alicyclic amines) is 1. The van der Waals surface area contributed by atoms with Gasteiger partial charge in [-0.2, -0.15) is 0 Å². The van der Waals surface area contributed by atoms with Crippen LogP contribution >= 0.6 is 23.2 Å². The van der Waals surface area contributed by atoms with Gasteiger partial charge in [0.1, 0.15) is 12.6 Å². The average Bonchev–Trinajstić information content (AvgIpc) is 2.78. The van der Waals surface area contributed by atoms with Gasteiger partial charge in [-0.05, 0) is 49.6 Å². The second-order valence-corrected chi connectivity index (χ2v) is 8.23. The number of amides is 2. The third-order valence-corrected chi connectivity index (χ3v) is 6.09. The number of hydrogen-bond acceptors (Lipinski definition) is 4. The summed E-state index contributed by atoms with van der Waals surface area (Å²) in [4.78, 5) is 44.5. The van der Waals surface area contributed by atoms with Crippen LogP contribution in [0.15, 0.2) is 53.6 Å². The van der Waals surface area contributed by atoms with Crippen LogP contribution in [0.5, 0.6) is 0 Å². The minimum absolute atomic E-state index is 0.173. The van der Waals surface area contributed by atoms with E-state index in [9.17, 15) is 14.4 Å². The van der Waals surface area contributed by atoms with Crippen molar-refractivity contribution in [1.82, 2.24) is 14.5 Å². The van der Waals surface area contributed by atoms with Gasteiger partial charge in [-0.3, -0.25) is 19.0 Å². The van der Waals surface area contributed by atoms with Gasteiger partial charge in [-0.1, -0.05) is 35.3 Å². The molecule has 1 saturated heterocycles. The number of anilines is 1. The average molecular weight is 459 g/mol. The Morgan fingerprint density at radius 2 is 1.90 bits per heavy atom. The number of halogens is 2. The van der Waals surface area contributed by atoms with E-state index >= 15 is 0 Å². The van der Waals surface area contributed by atoms with Crippen molar-refractivity contribution in [3.05, 3.63) is 69.2 Å². The molecule has 9 heteroatoms. The maximum Gasteiger partial charge on any atom is 0.261 e. The van der Waals surface area contributed by atoms with Crippen molar-refractivity contribution < 1.29 is 9.59 Å². The molecule has 160 valence electrons. The summed E-state index contributed by atoms with van der Waals surface area (Å²) in [6, 6.07) is 11.2. The molecule has 1 fully saturated rings. The first kappa shape index (κ1) is 21.3. The summed E-state index contributed by atoms with van der Waals surface area (Å²) in [5, 5.41) is 3.98. The van der Waals surface area contributed by atoms with Crippen LogP contribution in [0.2, 0.25) is 10.0 Å². The number of carbonyl (C=O) groups excluding carboxylic acids is 2. The van der Waals surface area contributed by atoms with Gasteiger partial charge in [0.2, 0.25) is 11.8 Å². The highest BCUT2D eigenvalue weighted by Gasteiger charge is 2.32. The van der Waals surface area contributed by atoms with E-state index in [1.54, 1.807) is 42.5 Å². The Balaban J connectivity index is 1.52. The molecule has 4 rings (SSSR count). The molecule has 1 N–H and O–H groups in total. The molecule has 1 aromatic heterocycles. The highest BCUT2D eigenvalue weighted by atomic mass is 35.5. The molecule has 3 aromatic rings. The van der Waals surface area contributed by atoms with E-state index in [4.69, 9.17) is 23.2 Å². The molecular formula is C22H20Cl2N4O3. The van der Waals surface area contributed by atoms with Crippen molar-refractivity contribution in [3.63, 3.8) is 0 Å². The second kappa shape index (κ2) is 9.08. The van der Waals surface area contributed by atoms with Crippen LogP contribution < -0.4 is 10.9 Å². The topological polar surface area (TPSA) is 84.3 Å². The van der Waals surface area contributed by atoms with Gasteiger partial charge in [0.15, 0.2) is 0 Å². The van der Waals surface area contributed by atoms with Gasteiger partial charge < -0.3 is 10.2 Å². The van der Waals surface area contributed by atoms with Crippen LogP contribution in [0.4, 0.5) is 5.69 Å². The van der Waals surface area contributed by atoms with Crippen LogP contribution in [0.1, 0.15) is 19.3 Å². The van der Waals surface area contributed by atoms with Gasteiger partial charge in [0.25, 0.3) is 5.56 Å². The molecule has 0 aliphatic carbocycles. The second-order valence-electron chi connectivity index (χ2n) is 7.41. The number of para-hydroxylation sites is 1. The fraction of sp³-hybridized carbons (Fsp3) is 0.273. The summed E-state index contributed by atoms with van der Waals surface area (Å²) in [6.45, 7) is 0.279. The Labute approximate surface area is 188 Å². The van der Waals surface area contributed by atoms with Crippen LogP contribution in [0, 0.1) is 0 Å². The smallest absolute Gasteiger partial charge is 0.261 e. The monoisotopic (exact) mass is 458 g/mol. The van der Waals surface area contributed by atoms with Crippen molar-refractivity contribution in [2.75, 3.05) is 11.9 Å². The van der Waals surface area contributed by atoms with Gasteiger partial charge in [-0.25, -0.2) is 4.98 Å². The third-order valence-electron chi connectivity index (χ3n) is 5.35. The number of rotatable bonds is 4. The molecule has 0 bridgehead atoms. The number of nitrogens with one attached hydrogen (secondary N) is 1. The van der Waals surface area contributed by atoms with Crippen LogP contribution in [0.3, 0.4) is 0 Å². The van der Waals surface area contributed by atoms with E-state index in [1.165, 1.54) is 15.8 Å². The molecule has 31 heavy (non-hydrogen) atoms. The molecule has 0 saturated carbocycles. The molecule has 7 nitrogen and oxygen atoms in total. The van der Waals surface area contributed by atoms with Gasteiger partial charge in [-0.15, -0.1) is 0 Å². The summed E-state index contributed by atoms with van der Waals surface area (Å²) < 4.78 is 1.28. The SMILES string of the molecule is O=C(Nc1ccc(Cl)c(Cl)c1)C1CCCCN1C(=O)Cn1cnc2ccccc2c1=O. The minimum Gasteiger partial charge on any atom is -0.329 e. The maximum absolute atomic E-state index is 13.0. The minimum atomic E-state index is -0.625. The summed E-state index contributed by atoms with van der Waals surface area (Å²) in [5.41, 5.74) is 0.799. The number of aromatic nitrogens is 2. The van der Waals surface area contributed by atoms with Gasteiger partial charge in [0, 0.05) is 12.2 Å². The number of hydrogen-bond donors (Lipinski definition) is 1. The van der Waals surface area contributed by atoms with E-state index in [0.29, 0.717) is 39.6 Å². The fourth-order valence-corrected chi connectivity index (χ4v) is 4.06. The molecule has 2 amide bonds. The molecular weight excluding hydrogens is 439 g/mol. The predicted molar refractivity (Wildman–Crippen MR) is 120 cm³/mol. The van der Waals surface area contributed by atoms with E-state index in [-0.39, 0.29) is 23.9 Å². The molecule has 2 heterocycles. The van der Waals surface area contributed by atoms with Gasteiger partial charge >= 0.3 is 0 Å². The number of nitrogens with zero attached hydrogens (tertiary/aromatic N) is 3. The van der Waals surface area contributed by atoms with Crippen molar-refractivity contribution in [3.8, 4) is 0 Å². The summed E-state index contributed by atoms with van der Waals surface area (Å²) in [5.74, 6) is -0.594. The first-order valence-corrected chi connectivity index (χ1v) is 10.7. The molecule has 0 spiro atoms. The molecule has 0 radical (unpaired) electrons. The zero-order valence-corrected chi connectivity index (χ0v) is 18.1. The fourth-order valence-electron chi connectivity index (χ4n) is 3.76. The zero-order chi connectivity index (χ0) is 22.0. The highest BCUT2D eigenvalue weighted by Crippen LogP contribution is 2.26. The largest absolute Gasteiger partial charge is 0.329 e. The lowest BCUT2D eigenvalue weighted by molar-refractivity contribution is -0.140. The Kier molecular flexibility index (Phi) is 6.25. The van der Waals surface area contributed by atoms with Crippen LogP contribution in [0.25, 0.3) is 10.9 Å². The Morgan fingerprint density at radius 1 is 1.10 bits per heavy atom. The molecule has 1 atom stereocenters. The Morgan fingerprint density at radius 3 is 2.71 bits per heavy atom. The lowest BCUT2D eigenvalue weighted by atomic mass is 10.0. The first-order valence-electron chi connectivity index (χ1n) is 9.93. The lowest BCUT2D eigenvalue weighted by Crippen LogP contribution is -2.51. The lowest BCUT2D eigenvalue weighted by Gasteiger charge is -2.34. The number of piperidine rings is 1. The summed E-state index contributed by atoms with van der Waals surface area (Å²) in [7, 11) is 0. The predicted octanol–water partition coefficient (Wildman–Crippen LogP) is 3.72. The maximum atomic E-state index is 13.0. The zero-order valence-electron chi connectivity index (χ0n) is 16.6. The molecule has 1 aliphatic rings. The third kappa shape index (κ3) is 4.57. The van der Waals surface area contributed by atoms with E-state index in [1.807, 2.05) is 0 Å². The van der Waals surface area contributed by atoms with E-state index in [0.717, 1.165) is 12.8 Å². The summed E-state index contributed by atoms with van der Waals surface area (Å²) >= 11 is 11.9. The van der Waals surface area contributed by atoms with E-state index in [2.05, 4.69) is 10.3 Å². The van der Waals surface area contributed by atoms with Crippen LogP contribution in [-0.2, 0) is 16.1 Å². The van der Waals surface area contributed by atoms with E-state index < -0.39 is 6.04 Å². The quantitative estimate of drug-likeness (QED) is 0.645. The Bertz CT molecular complexity index is 1210.